The largest absolute Gasteiger partial charge is 0.294 e. The molecule has 0 N–H and O–H groups in total. The summed E-state index contributed by atoms with van der Waals surface area (Å²) in [5.41, 5.74) is 1.62. The SMILES string of the molecule is CCC(C)n1ccc(CC(=O)c2ccccc2I)n1. The Labute approximate surface area is 127 Å². The highest BCUT2D eigenvalue weighted by atomic mass is 127. The molecular formula is C15H17IN2O. The quantitative estimate of drug-likeness (QED) is 0.593. The van der Waals surface area contributed by atoms with Gasteiger partial charge in [-0.25, -0.2) is 0 Å². The summed E-state index contributed by atoms with van der Waals surface area (Å²) < 4.78 is 2.92. The number of ketones is 1. The molecule has 100 valence electrons. The van der Waals surface area contributed by atoms with Crippen molar-refractivity contribution in [3.05, 3.63) is 51.4 Å². The Balaban J connectivity index is 2.11. The van der Waals surface area contributed by atoms with Crippen LogP contribution in [0.25, 0.3) is 0 Å². The lowest BCUT2D eigenvalue weighted by molar-refractivity contribution is 0.0991. The highest BCUT2D eigenvalue weighted by Gasteiger charge is 2.12. The van der Waals surface area contributed by atoms with Crippen molar-refractivity contribution in [3.8, 4) is 0 Å². The van der Waals surface area contributed by atoms with Gasteiger partial charge in [-0.05, 0) is 48.1 Å². The lowest BCUT2D eigenvalue weighted by Gasteiger charge is -2.08. The van der Waals surface area contributed by atoms with Crippen molar-refractivity contribution in [1.29, 1.82) is 0 Å². The van der Waals surface area contributed by atoms with Crippen LogP contribution >= 0.6 is 22.6 Å². The van der Waals surface area contributed by atoms with E-state index in [0.29, 0.717) is 12.5 Å². The van der Waals surface area contributed by atoms with Crippen LogP contribution in [0.3, 0.4) is 0 Å². The first-order valence-corrected chi connectivity index (χ1v) is 7.51. The van der Waals surface area contributed by atoms with Crippen molar-refractivity contribution in [1.82, 2.24) is 9.78 Å². The third-order valence-electron chi connectivity index (χ3n) is 3.22. The Bertz CT molecular complexity index is 577. The van der Waals surface area contributed by atoms with Gasteiger partial charge in [-0.2, -0.15) is 5.10 Å². The molecule has 1 unspecified atom stereocenters. The highest BCUT2D eigenvalue weighted by molar-refractivity contribution is 14.1. The molecule has 0 spiro atoms. The van der Waals surface area contributed by atoms with E-state index in [4.69, 9.17) is 0 Å². The van der Waals surface area contributed by atoms with E-state index in [1.807, 2.05) is 41.2 Å². The summed E-state index contributed by atoms with van der Waals surface area (Å²) in [5, 5.41) is 4.47. The predicted molar refractivity (Wildman–Crippen MR) is 84.4 cm³/mol. The molecule has 0 bridgehead atoms. The second kappa shape index (κ2) is 6.32. The summed E-state index contributed by atoms with van der Waals surface area (Å²) >= 11 is 2.19. The Hall–Kier alpha value is -1.17. The fourth-order valence-electron chi connectivity index (χ4n) is 1.85. The Morgan fingerprint density at radius 3 is 2.79 bits per heavy atom. The number of halogens is 1. The number of rotatable bonds is 5. The second-order valence-electron chi connectivity index (χ2n) is 4.62. The van der Waals surface area contributed by atoms with Crippen molar-refractivity contribution in [3.63, 3.8) is 0 Å². The molecule has 1 atom stereocenters. The van der Waals surface area contributed by atoms with Gasteiger partial charge in [0.05, 0.1) is 12.1 Å². The summed E-state index contributed by atoms with van der Waals surface area (Å²) in [4.78, 5) is 12.2. The van der Waals surface area contributed by atoms with Crippen molar-refractivity contribution >= 4 is 28.4 Å². The number of carbonyl (C=O) groups is 1. The molecule has 19 heavy (non-hydrogen) atoms. The monoisotopic (exact) mass is 368 g/mol. The molecule has 0 saturated heterocycles. The third kappa shape index (κ3) is 3.43. The maximum absolute atomic E-state index is 12.2. The zero-order valence-electron chi connectivity index (χ0n) is 11.1. The number of Topliss-reactive ketones (excluding diaryl/α,β-unsaturated/α-hetero) is 1. The molecule has 0 radical (unpaired) electrons. The van der Waals surface area contributed by atoms with Crippen molar-refractivity contribution in [2.75, 3.05) is 0 Å². The highest BCUT2D eigenvalue weighted by Crippen LogP contribution is 2.15. The smallest absolute Gasteiger partial charge is 0.169 e. The number of hydrogen-bond acceptors (Lipinski definition) is 2. The molecule has 0 aliphatic carbocycles. The van der Waals surface area contributed by atoms with E-state index in [-0.39, 0.29) is 5.78 Å². The molecule has 0 saturated carbocycles. The van der Waals surface area contributed by atoms with Gasteiger partial charge in [-0.15, -0.1) is 0 Å². The van der Waals surface area contributed by atoms with Gasteiger partial charge in [0.15, 0.2) is 5.78 Å². The van der Waals surface area contributed by atoms with E-state index in [1.165, 1.54) is 0 Å². The van der Waals surface area contributed by atoms with E-state index in [1.54, 1.807) is 0 Å². The maximum Gasteiger partial charge on any atom is 0.169 e. The van der Waals surface area contributed by atoms with E-state index in [2.05, 4.69) is 41.5 Å². The molecule has 0 aliphatic heterocycles. The molecule has 0 fully saturated rings. The van der Waals surface area contributed by atoms with E-state index in [0.717, 1.165) is 21.2 Å². The van der Waals surface area contributed by atoms with Crippen LogP contribution in [0.15, 0.2) is 36.5 Å². The Kier molecular flexibility index (Phi) is 4.74. The van der Waals surface area contributed by atoms with Gasteiger partial charge in [-0.1, -0.05) is 25.1 Å². The lowest BCUT2D eigenvalue weighted by atomic mass is 10.1. The summed E-state index contributed by atoms with van der Waals surface area (Å²) in [7, 11) is 0. The Morgan fingerprint density at radius 1 is 1.37 bits per heavy atom. The van der Waals surface area contributed by atoms with Crippen molar-refractivity contribution in [2.24, 2.45) is 0 Å². The summed E-state index contributed by atoms with van der Waals surface area (Å²) in [5.74, 6) is 0.124. The standard InChI is InChI=1S/C15H17IN2O/c1-3-11(2)18-9-8-12(17-18)10-15(19)13-6-4-5-7-14(13)16/h4-9,11H,3,10H2,1-2H3. The van der Waals surface area contributed by atoms with Crippen LogP contribution in [0.1, 0.15) is 42.4 Å². The van der Waals surface area contributed by atoms with Gasteiger partial charge in [0.25, 0.3) is 0 Å². The van der Waals surface area contributed by atoms with Gasteiger partial charge < -0.3 is 0 Å². The topological polar surface area (TPSA) is 34.9 Å². The van der Waals surface area contributed by atoms with E-state index < -0.39 is 0 Å². The molecule has 2 rings (SSSR count). The first-order valence-electron chi connectivity index (χ1n) is 6.43. The fraction of sp³-hybridized carbons (Fsp3) is 0.333. The predicted octanol–water partition coefficient (Wildman–Crippen LogP) is 3.88. The molecule has 1 aromatic heterocycles. The maximum atomic E-state index is 12.2. The minimum atomic E-state index is 0.124. The average Bonchev–Trinajstić information content (AvgIpc) is 2.86. The fourth-order valence-corrected chi connectivity index (χ4v) is 2.54. The zero-order valence-corrected chi connectivity index (χ0v) is 13.3. The first kappa shape index (κ1) is 14.2. The van der Waals surface area contributed by atoms with Gasteiger partial charge in [0.2, 0.25) is 0 Å². The molecule has 0 amide bonds. The molecule has 0 aliphatic rings. The summed E-state index contributed by atoms with van der Waals surface area (Å²) in [6, 6.07) is 9.96. The first-order chi connectivity index (χ1) is 9.11. The van der Waals surface area contributed by atoms with Gasteiger partial charge >= 0.3 is 0 Å². The lowest BCUT2D eigenvalue weighted by Crippen LogP contribution is -2.08. The molecule has 2 aromatic rings. The van der Waals surface area contributed by atoms with E-state index >= 15 is 0 Å². The van der Waals surface area contributed by atoms with Crippen LogP contribution in [0.4, 0.5) is 0 Å². The number of benzene rings is 1. The van der Waals surface area contributed by atoms with Crippen molar-refractivity contribution < 1.29 is 4.79 Å². The molecule has 4 heteroatoms. The van der Waals surface area contributed by atoms with Crippen LogP contribution in [0.5, 0.6) is 0 Å². The Morgan fingerprint density at radius 2 is 2.11 bits per heavy atom. The summed E-state index contributed by atoms with van der Waals surface area (Å²) in [6.45, 7) is 4.25. The minimum Gasteiger partial charge on any atom is -0.294 e. The number of carbonyl (C=O) groups excluding carboxylic acids is 1. The summed E-state index contributed by atoms with van der Waals surface area (Å²) in [6.07, 6.45) is 3.35. The molecular weight excluding hydrogens is 351 g/mol. The molecule has 1 heterocycles. The number of hydrogen-bond donors (Lipinski definition) is 0. The third-order valence-corrected chi connectivity index (χ3v) is 4.16. The van der Waals surface area contributed by atoms with Crippen molar-refractivity contribution in [2.45, 2.75) is 32.7 Å². The minimum absolute atomic E-state index is 0.124. The number of nitrogens with zero attached hydrogens (tertiary/aromatic N) is 2. The second-order valence-corrected chi connectivity index (χ2v) is 5.79. The van der Waals surface area contributed by atoms with Crippen LogP contribution in [-0.4, -0.2) is 15.6 Å². The van der Waals surface area contributed by atoms with Gasteiger partial charge in [-0.3, -0.25) is 9.48 Å². The average molecular weight is 368 g/mol. The molecule has 1 aromatic carbocycles. The zero-order chi connectivity index (χ0) is 13.8. The van der Waals surface area contributed by atoms with Crippen LogP contribution in [0.2, 0.25) is 0 Å². The van der Waals surface area contributed by atoms with E-state index in [9.17, 15) is 4.79 Å². The van der Waals surface area contributed by atoms with Gasteiger partial charge in [0.1, 0.15) is 0 Å². The normalized spacial score (nSPS) is 12.4. The van der Waals surface area contributed by atoms with Gasteiger partial charge in [0, 0.05) is 21.4 Å². The van der Waals surface area contributed by atoms with Crippen LogP contribution in [-0.2, 0) is 6.42 Å². The molecule has 3 nitrogen and oxygen atoms in total. The van der Waals surface area contributed by atoms with Crippen LogP contribution in [0, 0.1) is 3.57 Å². The van der Waals surface area contributed by atoms with Crippen LogP contribution < -0.4 is 0 Å². The number of aromatic nitrogens is 2.